The van der Waals surface area contributed by atoms with Gasteiger partial charge in [-0.15, -0.1) is 0 Å². The van der Waals surface area contributed by atoms with E-state index in [1.54, 1.807) is 18.2 Å². The number of aromatic nitrogens is 1. The third-order valence-electron chi connectivity index (χ3n) is 6.09. The molecule has 1 aromatic heterocycles. The first kappa shape index (κ1) is 24.6. The van der Waals surface area contributed by atoms with Crippen molar-refractivity contribution in [3.63, 3.8) is 0 Å². The number of pyridine rings is 1. The van der Waals surface area contributed by atoms with Gasteiger partial charge in [0.1, 0.15) is 0 Å². The Morgan fingerprint density at radius 3 is 2.55 bits per heavy atom. The van der Waals surface area contributed by atoms with E-state index in [2.05, 4.69) is 5.32 Å². The number of anilines is 2. The van der Waals surface area contributed by atoms with E-state index in [1.807, 2.05) is 20.8 Å². The van der Waals surface area contributed by atoms with Gasteiger partial charge in [-0.2, -0.15) is 0 Å². The zero-order valence-electron chi connectivity index (χ0n) is 20.0. The maximum atomic E-state index is 13.4. The predicted molar refractivity (Wildman–Crippen MR) is 130 cm³/mol. The molecule has 0 radical (unpaired) electrons. The van der Waals surface area contributed by atoms with E-state index in [4.69, 9.17) is 4.74 Å². The van der Waals surface area contributed by atoms with Crippen LogP contribution >= 0.6 is 0 Å². The number of benzene rings is 1. The van der Waals surface area contributed by atoms with E-state index in [0.29, 0.717) is 35.4 Å². The molecule has 1 aliphatic rings. The highest BCUT2D eigenvalue weighted by molar-refractivity contribution is 6.00. The monoisotopic (exact) mass is 457 g/mol. The number of nitrogens with zero attached hydrogens (tertiary/aromatic N) is 2. The van der Waals surface area contributed by atoms with E-state index < -0.39 is 6.09 Å². The normalized spacial score (nSPS) is 14.1. The van der Waals surface area contributed by atoms with Gasteiger partial charge < -0.3 is 15.2 Å². The number of carboxylic acid groups (broad SMARTS) is 1. The lowest BCUT2D eigenvalue weighted by Gasteiger charge is -2.25. The van der Waals surface area contributed by atoms with E-state index >= 15 is 0 Å². The number of hydrogen-bond donors (Lipinski definition) is 2. The van der Waals surface area contributed by atoms with Crippen molar-refractivity contribution in [2.24, 2.45) is 11.8 Å². The Kier molecular flexibility index (Phi) is 8.00. The lowest BCUT2D eigenvalue weighted by Crippen LogP contribution is -2.34. The van der Waals surface area contributed by atoms with Crippen molar-refractivity contribution in [2.45, 2.75) is 65.8 Å². The molecule has 33 heavy (non-hydrogen) atoms. The third-order valence-corrected chi connectivity index (χ3v) is 6.09. The summed E-state index contributed by atoms with van der Waals surface area (Å²) < 4.78 is 7.61. The molecule has 2 aromatic rings. The molecule has 3 rings (SSSR count). The standard InChI is InChI=1S/C25H35N3O5/c1-5-6-13-33-21-20-14-18(26-22(29)17-9-7-8-10-17)11-12-19(20)24(30)28(15-16(2)3)23(21)27(4)25(31)32/h11-12,14,16-17H,5-10,13,15H2,1-4H3,(H,26,29)(H,31,32). The van der Waals surface area contributed by atoms with E-state index in [1.165, 1.54) is 11.6 Å². The van der Waals surface area contributed by atoms with Crippen molar-refractivity contribution < 1.29 is 19.4 Å². The fourth-order valence-corrected chi connectivity index (χ4v) is 4.33. The van der Waals surface area contributed by atoms with Crippen LogP contribution in [0.3, 0.4) is 0 Å². The highest BCUT2D eigenvalue weighted by atomic mass is 16.5. The van der Waals surface area contributed by atoms with Gasteiger partial charge in [0, 0.05) is 30.6 Å². The fraction of sp³-hybridized carbons (Fsp3) is 0.560. The average molecular weight is 458 g/mol. The molecule has 1 aliphatic carbocycles. The summed E-state index contributed by atoms with van der Waals surface area (Å²) in [5, 5.41) is 13.7. The number of rotatable bonds is 9. The van der Waals surface area contributed by atoms with Crippen molar-refractivity contribution in [3.8, 4) is 5.75 Å². The second kappa shape index (κ2) is 10.7. The molecular weight excluding hydrogens is 422 g/mol. The molecule has 2 amide bonds. The first-order chi connectivity index (χ1) is 15.7. The molecule has 0 atom stereocenters. The Balaban J connectivity index is 2.18. The summed E-state index contributed by atoms with van der Waals surface area (Å²) in [6.07, 6.45) is 4.42. The van der Waals surface area contributed by atoms with Crippen molar-refractivity contribution in [1.82, 2.24) is 4.57 Å². The Labute approximate surface area is 194 Å². The summed E-state index contributed by atoms with van der Waals surface area (Å²) in [5.41, 5.74) is 0.294. The fourth-order valence-electron chi connectivity index (χ4n) is 4.33. The molecule has 0 aliphatic heterocycles. The number of amides is 2. The van der Waals surface area contributed by atoms with Crippen LogP contribution in [0.25, 0.3) is 10.8 Å². The summed E-state index contributed by atoms with van der Waals surface area (Å²) in [6, 6.07) is 5.15. The number of nitrogens with one attached hydrogen (secondary N) is 1. The summed E-state index contributed by atoms with van der Waals surface area (Å²) in [5.74, 6) is 0.671. The van der Waals surface area contributed by atoms with Gasteiger partial charge in [-0.25, -0.2) is 4.79 Å². The van der Waals surface area contributed by atoms with Gasteiger partial charge in [-0.05, 0) is 43.4 Å². The third kappa shape index (κ3) is 5.49. The number of hydrogen-bond acceptors (Lipinski definition) is 4. The lowest BCUT2D eigenvalue weighted by molar-refractivity contribution is -0.119. The maximum absolute atomic E-state index is 13.4. The van der Waals surface area contributed by atoms with Gasteiger partial charge in [0.2, 0.25) is 5.91 Å². The second-order valence-electron chi connectivity index (χ2n) is 9.24. The molecule has 0 bridgehead atoms. The Hall–Kier alpha value is -3.03. The van der Waals surface area contributed by atoms with Gasteiger partial charge in [-0.1, -0.05) is 40.0 Å². The second-order valence-corrected chi connectivity index (χ2v) is 9.24. The van der Waals surface area contributed by atoms with Crippen LogP contribution in [-0.4, -0.2) is 35.3 Å². The van der Waals surface area contributed by atoms with Crippen LogP contribution < -0.4 is 20.5 Å². The Morgan fingerprint density at radius 1 is 1.24 bits per heavy atom. The van der Waals surface area contributed by atoms with E-state index in [0.717, 1.165) is 43.4 Å². The molecule has 2 N–H and O–H groups in total. The van der Waals surface area contributed by atoms with Crippen molar-refractivity contribution in [2.75, 3.05) is 23.9 Å². The molecule has 1 fully saturated rings. The largest absolute Gasteiger partial charge is 0.489 e. The zero-order chi connectivity index (χ0) is 24.1. The molecule has 1 aromatic carbocycles. The first-order valence-electron chi connectivity index (χ1n) is 11.8. The van der Waals surface area contributed by atoms with Gasteiger partial charge in [0.25, 0.3) is 5.56 Å². The van der Waals surface area contributed by atoms with Gasteiger partial charge in [0.05, 0.1) is 12.0 Å². The minimum absolute atomic E-state index is 0.00807. The van der Waals surface area contributed by atoms with Gasteiger partial charge in [0.15, 0.2) is 11.6 Å². The molecule has 8 heteroatoms. The van der Waals surface area contributed by atoms with Crippen LogP contribution in [0, 0.1) is 11.8 Å². The smallest absolute Gasteiger partial charge is 0.412 e. The highest BCUT2D eigenvalue weighted by Gasteiger charge is 2.26. The molecule has 0 spiro atoms. The molecule has 0 unspecified atom stereocenters. The summed E-state index contributed by atoms with van der Waals surface area (Å²) in [4.78, 5) is 39.1. The van der Waals surface area contributed by atoms with E-state index in [-0.39, 0.29) is 29.1 Å². The predicted octanol–water partition coefficient (Wildman–Crippen LogP) is 5.08. The molecule has 180 valence electrons. The minimum Gasteiger partial charge on any atom is -0.489 e. The van der Waals surface area contributed by atoms with Crippen molar-refractivity contribution >= 4 is 34.3 Å². The minimum atomic E-state index is -1.18. The van der Waals surface area contributed by atoms with Crippen molar-refractivity contribution in [3.05, 3.63) is 28.6 Å². The number of unbranched alkanes of at least 4 members (excludes halogenated alkanes) is 1. The van der Waals surface area contributed by atoms with Crippen LogP contribution in [0.2, 0.25) is 0 Å². The Bertz CT molecular complexity index is 1070. The zero-order valence-corrected chi connectivity index (χ0v) is 20.0. The SMILES string of the molecule is CCCCOc1c(N(C)C(=O)O)n(CC(C)C)c(=O)c2ccc(NC(=O)C3CCCC3)cc12. The van der Waals surface area contributed by atoms with Crippen LogP contribution in [0.4, 0.5) is 16.3 Å². The molecule has 1 saturated carbocycles. The number of fused-ring (bicyclic) bond motifs is 1. The van der Waals surface area contributed by atoms with E-state index in [9.17, 15) is 19.5 Å². The number of carbonyl (C=O) groups is 2. The molecule has 8 nitrogen and oxygen atoms in total. The lowest BCUT2D eigenvalue weighted by atomic mass is 10.1. The molecular formula is C25H35N3O5. The average Bonchev–Trinajstić information content (AvgIpc) is 3.31. The van der Waals surface area contributed by atoms with Gasteiger partial charge >= 0.3 is 6.09 Å². The first-order valence-corrected chi connectivity index (χ1v) is 11.8. The topological polar surface area (TPSA) is 101 Å². The van der Waals surface area contributed by atoms with Crippen LogP contribution in [0.5, 0.6) is 5.75 Å². The number of ether oxygens (including phenoxy) is 1. The van der Waals surface area contributed by atoms with Gasteiger partial charge in [-0.3, -0.25) is 19.1 Å². The summed E-state index contributed by atoms with van der Waals surface area (Å²) in [7, 11) is 1.41. The Morgan fingerprint density at radius 2 is 1.94 bits per heavy atom. The highest BCUT2D eigenvalue weighted by Crippen LogP contribution is 2.36. The quantitative estimate of drug-likeness (QED) is 0.512. The molecule has 1 heterocycles. The number of carbonyl (C=O) groups excluding carboxylic acids is 1. The van der Waals surface area contributed by atoms with Crippen molar-refractivity contribution in [1.29, 1.82) is 0 Å². The summed E-state index contributed by atoms with van der Waals surface area (Å²) >= 11 is 0. The summed E-state index contributed by atoms with van der Waals surface area (Å²) in [6.45, 7) is 6.74. The van der Waals surface area contributed by atoms with Crippen LogP contribution in [-0.2, 0) is 11.3 Å². The van der Waals surface area contributed by atoms with Crippen LogP contribution in [0.1, 0.15) is 59.3 Å². The molecule has 0 saturated heterocycles. The maximum Gasteiger partial charge on any atom is 0.412 e. The van der Waals surface area contributed by atoms with Crippen LogP contribution in [0.15, 0.2) is 23.0 Å².